The molecule has 0 bridgehead atoms. The van der Waals surface area contributed by atoms with Gasteiger partial charge in [0.15, 0.2) is 0 Å². The first-order chi connectivity index (χ1) is 10.3. The van der Waals surface area contributed by atoms with Gasteiger partial charge in [0.25, 0.3) is 0 Å². The van der Waals surface area contributed by atoms with Crippen molar-refractivity contribution in [3.63, 3.8) is 0 Å². The molecule has 6 nitrogen and oxygen atoms in total. The van der Waals surface area contributed by atoms with Crippen LogP contribution in [0.25, 0.3) is 0 Å². The van der Waals surface area contributed by atoms with Crippen LogP contribution in [-0.4, -0.2) is 26.7 Å². The van der Waals surface area contributed by atoms with Crippen LogP contribution in [-0.2, 0) is 14.8 Å². The molecular formula is C15H24N2O4S. The van der Waals surface area contributed by atoms with Gasteiger partial charge in [-0.3, -0.25) is 9.52 Å². The molecule has 0 heterocycles. The second-order valence-electron chi connectivity index (χ2n) is 5.06. The van der Waals surface area contributed by atoms with Crippen LogP contribution in [0.3, 0.4) is 0 Å². The van der Waals surface area contributed by atoms with Crippen LogP contribution < -0.4 is 14.8 Å². The number of nitrogens with one attached hydrogen (secondary N) is 2. The van der Waals surface area contributed by atoms with Gasteiger partial charge in [0.2, 0.25) is 15.9 Å². The fraction of sp³-hybridized carbons (Fsp3) is 0.533. The van der Waals surface area contributed by atoms with Crippen molar-refractivity contribution >= 4 is 27.3 Å². The minimum atomic E-state index is -3.44. The molecule has 0 aliphatic rings. The smallest absolute Gasteiger partial charge is 0.235 e. The quantitative estimate of drug-likeness (QED) is 0.768. The van der Waals surface area contributed by atoms with Crippen LogP contribution in [0.1, 0.15) is 40.0 Å². The highest BCUT2D eigenvalue weighted by atomic mass is 32.2. The Bertz CT molecular complexity index is 614. The van der Waals surface area contributed by atoms with E-state index in [0.717, 1.165) is 6.42 Å². The molecule has 22 heavy (non-hydrogen) atoms. The Morgan fingerprint density at radius 1 is 1.32 bits per heavy atom. The van der Waals surface area contributed by atoms with Gasteiger partial charge in [0.05, 0.1) is 23.7 Å². The zero-order valence-corrected chi connectivity index (χ0v) is 14.3. The van der Waals surface area contributed by atoms with Crippen molar-refractivity contribution < 1.29 is 17.9 Å². The van der Waals surface area contributed by atoms with E-state index in [2.05, 4.69) is 10.0 Å². The Labute approximate surface area is 132 Å². The zero-order chi connectivity index (χ0) is 16.8. The monoisotopic (exact) mass is 328 g/mol. The van der Waals surface area contributed by atoms with E-state index in [1.807, 2.05) is 13.8 Å². The largest absolute Gasteiger partial charge is 0.494 e. The van der Waals surface area contributed by atoms with Gasteiger partial charge >= 0.3 is 0 Å². The normalized spacial score (nSPS) is 12.5. The molecule has 1 rings (SSSR count). The molecular weight excluding hydrogens is 304 g/mol. The molecule has 1 amide bonds. The molecule has 2 N–H and O–H groups in total. The number of anilines is 2. The Kier molecular flexibility index (Phi) is 6.67. The number of amides is 1. The number of rotatable bonds is 8. The number of ether oxygens (including phenoxy) is 1. The SMILES string of the molecule is CCC[C@H](CC)S(=O)(=O)Nc1ccc(NC(C)=O)c(OC)c1. The van der Waals surface area contributed by atoms with E-state index in [9.17, 15) is 13.2 Å². The lowest BCUT2D eigenvalue weighted by atomic mass is 10.2. The molecule has 0 spiro atoms. The minimum absolute atomic E-state index is 0.222. The van der Waals surface area contributed by atoms with E-state index in [0.29, 0.717) is 30.0 Å². The third-order valence-corrected chi connectivity index (χ3v) is 5.24. The number of methoxy groups -OCH3 is 1. The minimum Gasteiger partial charge on any atom is -0.494 e. The Balaban J connectivity index is 3.01. The third kappa shape index (κ3) is 4.91. The lowest BCUT2D eigenvalue weighted by Gasteiger charge is -2.17. The lowest BCUT2D eigenvalue weighted by molar-refractivity contribution is -0.114. The van der Waals surface area contributed by atoms with Gasteiger partial charge in [-0.2, -0.15) is 0 Å². The number of hydrogen-bond acceptors (Lipinski definition) is 4. The fourth-order valence-corrected chi connectivity index (χ4v) is 3.80. The van der Waals surface area contributed by atoms with Crippen LogP contribution in [0.2, 0.25) is 0 Å². The van der Waals surface area contributed by atoms with Gasteiger partial charge in [0.1, 0.15) is 5.75 Å². The van der Waals surface area contributed by atoms with Gasteiger partial charge in [-0.25, -0.2) is 8.42 Å². The summed E-state index contributed by atoms with van der Waals surface area (Å²) in [6.45, 7) is 5.22. The highest BCUT2D eigenvalue weighted by Crippen LogP contribution is 2.29. The van der Waals surface area contributed by atoms with Crippen molar-refractivity contribution in [1.82, 2.24) is 0 Å². The molecule has 124 valence electrons. The third-order valence-electron chi connectivity index (χ3n) is 3.28. The predicted molar refractivity (Wildman–Crippen MR) is 88.8 cm³/mol. The van der Waals surface area contributed by atoms with Gasteiger partial charge in [0, 0.05) is 13.0 Å². The van der Waals surface area contributed by atoms with Crippen molar-refractivity contribution in [2.45, 2.75) is 45.3 Å². The molecule has 0 fully saturated rings. The Morgan fingerprint density at radius 3 is 2.50 bits per heavy atom. The number of carbonyl (C=O) groups excluding carboxylic acids is 1. The molecule has 0 unspecified atom stereocenters. The molecule has 0 aromatic heterocycles. The summed E-state index contributed by atoms with van der Waals surface area (Å²) in [5.41, 5.74) is 0.916. The second kappa shape index (κ2) is 8.03. The van der Waals surface area contributed by atoms with E-state index in [4.69, 9.17) is 4.74 Å². The van der Waals surface area contributed by atoms with E-state index in [-0.39, 0.29) is 5.91 Å². The summed E-state index contributed by atoms with van der Waals surface area (Å²) in [4.78, 5) is 11.1. The highest BCUT2D eigenvalue weighted by molar-refractivity contribution is 7.93. The molecule has 0 aliphatic carbocycles. The number of carbonyl (C=O) groups is 1. The van der Waals surface area contributed by atoms with Crippen molar-refractivity contribution in [2.24, 2.45) is 0 Å². The summed E-state index contributed by atoms with van der Waals surface area (Å²) in [5.74, 6) is 0.180. The Hall–Kier alpha value is -1.76. The lowest BCUT2D eigenvalue weighted by Crippen LogP contribution is -2.27. The van der Waals surface area contributed by atoms with Crippen LogP contribution in [0.4, 0.5) is 11.4 Å². The molecule has 0 aliphatic heterocycles. The second-order valence-corrected chi connectivity index (χ2v) is 7.02. The van der Waals surface area contributed by atoms with Crippen molar-refractivity contribution in [3.05, 3.63) is 18.2 Å². The highest BCUT2D eigenvalue weighted by Gasteiger charge is 2.23. The van der Waals surface area contributed by atoms with Crippen molar-refractivity contribution in [3.8, 4) is 5.75 Å². The molecule has 1 atom stereocenters. The average molecular weight is 328 g/mol. The van der Waals surface area contributed by atoms with E-state index >= 15 is 0 Å². The van der Waals surface area contributed by atoms with E-state index in [1.54, 1.807) is 18.2 Å². The average Bonchev–Trinajstić information content (AvgIpc) is 2.45. The summed E-state index contributed by atoms with van der Waals surface area (Å²) >= 11 is 0. The van der Waals surface area contributed by atoms with Crippen LogP contribution >= 0.6 is 0 Å². The first-order valence-corrected chi connectivity index (χ1v) is 8.85. The molecule has 0 saturated carbocycles. The maximum absolute atomic E-state index is 12.4. The predicted octanol–water partition coefficient (Wildman–Crippen LogP) is 2.97. The number of hydrogen-bond donors (Lipinski definition) is 2. The maximum Gasteiger partial charge on any atom is 0.235 e. The molecule has 1 aromatic carbocycles. The topological polar surface area (TPSA) is 84.5 Å². The first kappa shape index (κ1) is 18.3. The fourth-order valence-electron chi connectivity index (χ4n) is 2.20. The van der Waals surface area contributed by atoms with E-state index < -0.39 is 15.3 Å². The standard InChI is InChI=1S/C15H24N2O4S/c1-5-7-13(6-2)22(19,20)17-12-8-9-14(16-11(3)18)15(10-12)21-4/h8-10,13,17H,5-7H2,1-4H3,(H,16,18)/t13-/m0/s1. The maximum atomic E-state index is 12.4. The Morgan fingerprint density at radius 2 is 2.00 bits per heavy atom. The van der Waals surface area contributed by atoms with Crippen LogP contribution in [0.5, 0.6) is 5.75 Å². The van der Waals surface area contributed by atoms with Crippen LogP contribution in [0, 0.1) is 0 Å². The number of benzene rings is 1. The molecule has 7 heteroatoms. The van der Waals surface area contributed by atoms with Crippen molar-refractivity contribution in [1.29, 1.82) is 0 Å². The summed E-state index contributed by atoms with van der Waals surface area (Å²) in [7, 11) is -1.98. The summed E-state index contributed by atoms with van der Waals surface area (Å²) in [6.07, 6.45) is 1.99. The van der Waals surface area contributed by atoms with Crippen LogP contribution in [0.15, 0.2) is 18.2 Å². The zero-order valence-electron chi connectivity index (χ0n) is 13.5. The van der Waals surface area contributed by atoms with Gasteiger partial charge < -0.3 is 10.1 Å². The summed E-state index contributed by atoms with van der Waals surface area (Å²) < 4.78 is 32.5. The summed E-state index contributed by atoms with van der Waals surface area (Å²) in [6, 6.07) is 4.77. The van der Waals surface area contributed by atoms with Gasteiger partial charge in [-0.05, 0) is 25.0 Å². The molecule has 1 aromatic rings. The number of sulfonamides is 1. The first-order valence-electron chi connectivity index (χ1n) is 7.31. The summed E-state index contributed by atoms with van der Waals surface area (Å²) in [5, 5.41) is 2.21. The molecule has 0 radical (unpaired) electrons. The van der Waals surface area contributed by atoms with Gasteiger partial charge in [-0.15, -0.1) is 0 Å². The molecule has 0 saturated heterocycles. The van der Waals surface area contributed by atoms with Gasteiger partial charge in [-0.1, -0.05) is 20.3 Å². The van der Waals surface area contributed by atoms with E-state index in [1.165, 1.54) is 14.0 Å². The van der Waals surface area contributed by atoms with Crippen molar-refractivity contribution in [2.75, 3.05) is 17.1 Å².